The lowest BCUT2D eigenvalue weighted by Crippen LogP contribution is -2.45. The molecule has 1 aromatic carbocycles. The summed E-state index contributed by atoms with van der Waals surface area (Å²) in [5.41, 5.74) is 4.49. The van der Waals surface area contributed by atoms with E-state index in [1.807, 2.05) is 20.2 Å². The van der Waals surface area contributed by atoms with Crippen LogP contribution in [-0.2, 0) is 36.2 Å². The molecule has 0 unspecified atom stereocenters. The standard InChI is InChI=1S/C39H42ClF3N8O5S/c1-24-28(8-9-30(35(24)40)54-17-16-50-14-12-48(2)13-15-50)33-34-32(20-44-36(33)26-19-46-49(3)21-26)57-47-37(34)56-31(38(52)53)18-25-6-4-5-7-29(25)55-22-27-10-11-45-51(27)23-39(41,42)43/h4-7,10-11,19-21,31H,8-9,12-18,22-23H2,1-3H3,(H,52,53)/t31-/m1/s1. The van der Waals surface area contributed by atoms with Gasteiger partial charge in [0, 0.05) is 82.3 Å². The quantitative estimate of drug-likeness (QED) is 0.120. The fourth-order valence-corrected chi connectivity index (χ4v) is 7.98. The number of nitrogens with zero attached hydrogens (tertiary/aromatic N) is 8. The van der Waals surface area contributed by atoms with E-state index in [0.29, 0.717) is 51.6 Å². The molecule has 0 saturated carbocycles. The SMILES string of the molecule is CC1=C(c2c(-c3cnn(C)c3)ncc3snc(O[C@H](Cc4ccccc4OCc4ccnn4CC(F)(F)F)C(=O)O)c23)CCC(OCCN2CCN(C)CC2)=C1Cl. The van der Waals surface area contributed by atoms with Crippen molar-refractivity contribution in [2.75, 3.05) is 46.4 Å². The summed E-state index contributed by atoms with van der Waals surface area (Å²) in [4.78, 5) is 22.4. The van der Waals surface area contributed by atoms with Crippen LogP contribution in [0.15, 0.2) is 71.5 Å². The van der Waals surface area contributed by atoms with Gasteiger partial charge in [0.05, 0.1) is 32.7 Å². The van der Waals surface area contributed by atoms with Crippen LogP contribution < -0.4 is 9.47 Å². The zero-order valence-corrected chi connectivity index (χ0v) is 33.2. The number of carboxylic acids is 1. The maximum absolute atomic E-state index is 13.1. The van der Waals surface area contributed by atoms with Crippen LogP contribution in [0.4, 0.5) is 13.2 Å². The Morgan fingerprint density at radius 3 is 2.58 bits per heavy atom. The van der Waals surface area contributed by atoms with Gasteiger partial charge in [0.2, 0.25) is 12.0 Å². The summed E-state index contributed by atoms with van der Waals surface area (Å²) >= 11 is 8.20. The van der Waals surface area contributed by atoms with Gasteiger partial charge in [-0.05, 0) is 60.8 Å². The number of halogens is 4. The third-order valence-corrected chi connectivity index (χ3v) is 11.3. The van der Waals surface area contributed by atoms with Crippen LogP contribution in [0, 0.1) is 0 Å². The number of rotatable bonds is 15. The molecule has 1 atom stereocenters. The molecule has 0 amide bonds. The zero-order chi connectivity index (χ0) is 40.3. The van der Waals surface area contributed by atoms with E-state index in [1.165, 1.54) is 12.3 Å². The van der Waals surface area contributed by atoms with Crippen molar-refractivity contribution in [3.05, 3.63) is 88.3 Å². The Kier molecular flexibility index (Phi) is 12.2. The Morgan fingerprint density at radius 2 is 1.84 bits per heavy atom. The number of carboxylic acid groups (broad SMARTS) is 1. The number of fused-ring (bicyclic) bond motifs is 1. The fourth-order valence-electron chi connectivity index (χ4n) is 7.02. The molecule has 0 radical (unpaired) electrons. The molecule has 5 aromatic rings. The predicted octanol–water partition coefficient (Wildman–Crippen LogP) is 6.79. The highest BCUT2D eigenvalue weighted by atomic mass is 35.5. The molecule has 2 aliphatic rings. The highest BCUT2D eigenvalue weighted by Crippen LogP contribution is 2.46. The van der Waals surface area contributed by atoms with Gasteiger partial charge in [0.25, 0.3) is 0 Å². The minimum absolute atomic E-state index is 0.119. The van der Waals surface area contributed by atoms with Crippen molar-refractivity contribution in [1.29, 1.82) is 0 Å². The fraction of sp³-hybridized carbons (Fsp3) is 0.410. The van der Waals surface area contributed by atoms with E-state index in [0.717, 1.165) is 77.0 Å². The number of pyridine rings is 1. The molecule has 0 spiro atoms. The Morgan fingerprint density at radius 1 is 1.05 bits per heavy atom. The largest absolute Gasteiger partial charge is 0.495 e. The van der Waals surface area contributed by atoms with Gasteiger partial charge >= 0.3 is 12.1 Å². The van der Waals surface area contributed by atoms with Crippen molar-refractivity contribution < 1.29 is 37.3 Å². The number of carbonyl (C=O) groups is 1. The molecule has 5 heterocycles. The van der Waals surface area contributed by atoms with Gasteiger partial charge in [-0.3, -0.25) is 19.2 Å². The first-order chi connectivity index (χ1) is 27.3. The van der Waals surface area contributed by atoms with Gasteiger partial charge < -0.3 is 24.2 Å². The average Bonchev–Trinajstić information content (AvgIpc) is 3.92. The highest BCUT2D eigenvalue weighted by molar-refractivity contribution is 7.13. The summed E-state index contributed by atoms with van der Waals surface area (Å²) in [6.07, 6.45) is 1.65. The van der Waals surface area contributed by atoms with E-state index in [9.17, 15) is 23.1 Å². The summed E-state index contributed by atoms with van der Waals surface area (Å²) < 4.78 is 65.6. The Bertz CT molecular complexity index is 2300. The molecule has 13 nitrogen and oxygen atoms in total. The molecule has 18 heteroatoms. The number of benzene rings is 1. The van der Waals surface area contributed by atoms with Crippen LogP contribution in [0.3, 0.4) is 0 Å². The van der Waals surface area contributed by atoms with Crippen LogP contribution in [0.25, 0.3) is 26.9 Å². The number of para-hydroxylation sites is 1. The van der Waals surface area contributed by atoms with E-state index < -0.39 is 24.8 Å². The number of piperazine rings is 1. The summed E-state index contributed by atoms with van der Waals surface area (Å²) in [5.74, 6) is -0.0969. The predicted molar refractivity (Wildman–Crippen MR) is 209 cm³/mol. The van der Waals surface area contributed by atoms with Crippen molar-refractivity contribution >= 4 is 44.8 Å². The molecule has 4 aromatic heterocycles. The summed E-state index contributed by atoms with van der Waals surface area (Å²) in [5, 5.41) is 19.7. The Balaban J connectivity index is 1.18. The topological polar surface area (TPSA) is 133 Å². The van der Waals surface area contributed by atoms with Crippen LogP contribution in [-0.4, -0.2) is 108 Å². The normalized spacial score (nSPS) is 16.4. The number of hydrogen-bond acceptors (Lipinski definition) is 11. The van der Waals surface area contributed by atoms with Gasteiger partial charge in [-0.2, -0.15) is 27.7 Å². The van der Waals surface area contributed by atoms with Crippen molar-refractivity contribution in [2.24, 2.45) is 7.05 Å². The summed E-state index contributed by atoms with van der Waals surface area (Å²) in [6.45, 7) is 5.83. The zero-order valence-electron chi connectivity index (χ0n) is 31.6. The minimum Gasteiger partial charge on any atom is -0.495 e. The molecule has 1 fully saturated rings. The second-order valence-corrected chi connectivity index (χ2v) is 15.3. The summed E-state index contributed by atoms with van der Waals surface area (Å²) in [6, 6.07) is 8.16. The molecular weight excluding hydrogens is 785 g/mol. The van der Waals surface area contributed by atoms with Crippen LogP contribution >= 0.6 is 23.1 Å². The third-order valence-electron chi connectivity index (χ3n) is 10.1. The lowest BCUT2D eigenvalue weighted by Gasteiger charge is -2.32. The van der Waals surface area contributed by atoms with E-state index in [-0.39, 0.29) is 24.6 Å². The minimum atomic E-state index is -4.46. The first-order valence-electron chi connectivity index (χ1n) is 18.4. The number of allylic oxidation sites excluding steroid dienone is 4. The summed E-state index contributed by atoms with van der Waals surface area (Å²) in [7, 11) is 3.94. The van der Waals surface area contributed by atoms with E-state index in [1.54, 1.807) is 41.3 Å². The van der Waals surface area contributed by atoms with Gasteiger partial charge in [-0.25, -0.2) is 4.79 Å². The van der Waals surface area contributed by atoms with Crippen molar-refractivity contribution in [2.45, 2.75) is 51.6 Å². The number of likely N-dealkylation sites (N-methyl/N-ethyl adjacent to an activating group) is 1. The lowest BCUT2D eigenvalue weighted by molar-refractivity contribution is -0.145. The molecule has 1 aliphatic heterocycles. The molecule has 0 bridgehead atoms. The van der Waals surface area contributed by atoms with Crippen LogP contribution in [0.1, 0.15) is 36.6 Å². The average molecular weight is 827 g/mol. The highest BCUT2D eigenvalue weighted by Gasteiger charge is 2.31. The van der Waals surface area contributed by atoms with Gasteiger partial charge in [-0.15, -0.1) is 0 Å². The molecule has 57 heavy (non-hydrogen) atoms. The maximum atomic E-state index is 13.1. The van der Waals surface area contributed by atoms with Gasteiger partial charge in [0.1, 0.15) is 31.3 Å². The van der Waals surface area contributed by atoms with Gasteiger partial charge in [-0.1, -0.05) is 29.8 Å². The van der Waals surface area contributed by atoms with E-state index >= 15 is 0 Å². The van der Waals surface area contributed by atoms with Gasteiger partial charge in [0.15, 0.2) is 0 Å². The first kappa shape index (κ1) is 40.2. The van der Waals surface area contributed by atoms with Crippen molar-refractivity contribution in [3.8, 4) is 22.9 Å². The number of alkyl halides is 3. The maximum Gasteiger partial charge on any atom is 0.408 e. The Hall–Kier alpha value is -4.97. The molecule has 302 valence electrons. The lowest BCUT2D eigenvalue weighted by atomic mass is 9.87. The van der Waals surface area contributed by atoms with Crippen LogP contribution in [0.5, 0.6) is 11.6 Å². The number of ether oxygens (including phenoxy) is 3. The molecule has 1 saturated heterocycles. The van der Waals surface area contributed by atoms with Crippen molar-refractivity contribution in [1.82, 2.24) is 38.7 Å². The molecular formula is C39H42ClF3N8O5S. The third kappa shape index (κ3) is 9.43. The van der Waals surface area contributed by atoms with Crippen LogP contribution in [0.2, 0.25) is 0 Å². The number of hydrogen-bond donors (Lipinski definition) is 1. The molecule has 7 rings (SSSR count). The smallest absolute Gasteiger partial charge is 0.408 e. The monoisotopic (exact) mass is 826 g/mol. The van der Waals surface area contributed by atoms with Crippen molar-refractivity contribution in [3.63, 3.8) is 0 Å². The Labute approximate surface area is 336 Å². The number of aromatic nitrogens is 6. The second-order valence-electron chi connectivity index (χ2n) is 14.1. The van der Waals surface area contributed by atoms with E-state index in [4.69, 9.17) is 30.8 Å². The van der Waals surface area contributed by atoms with E-state index in [2.05, 4.69) is 31.4 Å². The molecule has 1 N–H and O–H groups in total. The molecule has 1 aliphatic carbocycles. The number of aliphatic carboxylic acids is 1. The second kappa shape index (κ2) is 17.3. The first-order valence-corrected chi connectivity index (χ1v) is 19.6. The number of aryl methyl sites for hydroxylation is 1.